The zero-order chi connectivity index (χ0) is 19.5. The molecule has 26 heavy (non-hydrogen) atoms. The molecule has 0 spiro atoms. The molecule has 0 aromatic carbocycles. The van der Waals surface area contributed by atoms with E-state index in [1.165, 1.54) is 0 Å². The highest BCUT2D eigenvalue weighted by atomic mass is 16.4. The van der Waals surface area contributed by atoms with E-state index in [9.17, 15) is 14.4 Å². The molecule has 148 valence electrons. The number of aliphatic carboxylic acids is 1. The molecule has 7 heteroatoms. The molecule has 0 aromatic heterocycles. The van der Waals surface area contributed by atoms with Crippen molar-refractivity contribution in [3.05, 3.63) is 0 Å². The zero-order valence-corrected chi connectivity index (χ0v) is 16.5. The highest BCUT2D eigenvalue weighted by Gasteiger charge is 2.39. The molecule has 2 amide bonds. The third-order valence-electron chi connectivity index (χ3n) is 5.28. The van der Waals surface area contributed by atoms with Crippen LogP contribution in [0.25, 0.3) is 0 Å². The van der Waals surface area contributed by atoms with E-state index in [4.69, 9.17) is 5.11 Å². The maximum absolute atomic E-state index is 12.6. The topological polar surface area (TPSA) is 90.0 Å². The molecule has 1 unspecified atom stereocenters. The van der Waals surface area contributed by atoms with E-state index < -0.39 is 5.97 Å². The highest BCUT2D eigenvalue weighted by molar-refractivity contribution is 5.88. The highest BCUT2D eigenvalue weighted by Crippen LogP contribution is 2.28. The molecule has 1 saturated carbocycles. The van der Waals surface area contributed by atoms with Gasteiger partial charge in [0.2, 0.25) is 11.8 Å². The van der Waals surface area contributed by atoms with Crippen LogP contribution in [0.4, 0.5) is 0 Å². The number of likely N-dealkylation sites (tertiary alicyclic amines) is 1. The third kappa shape index (κ3) is 5.43. The van der Waals surface area contributed by atoms with Crippen molar-refractivity contribution >= 4 is 17.8 Å². The summed E-state index contributed by atoms with van der Waals surface area (Å²) in [6.07, 6.45) is 3.58. The molecule has 0 aromatic rings. The molecule has 1 heterocycles. The number of carbonyl (C=O) groups is 3. The van der Waals surface area contributed by atoms with Crippen LogP contribution < -0.4 is 5.32 Å². The van der Waals surface area contributed by atoms with Crippen molar-refractivity contribution < 1.29 is 19.5 Å². The number of hydrogen-bond acceptors (Lipinski definition) is 4. The first-order chi connectivity index (χ1) is 12.1. The smallest absolute Gasteiger partial charge is 0.317 e. The fourth-order valence-corrected chi connectivity index (χ4v) is 3.87. The number of rotatable bonds is 7. The van der Waals surface area contributed by atoms with Crippen LogP contribution in [0.2, 0.25) is 0 Å². The lowest BCUT2D eigenvalue weighted by atomic mass is 9.85. The minimum absolute atomic E-state index is 0.0412. The van der Waals surface area contributed by atoms with Gasteiger partial charge in [0.1, 0.15) is 6.04 Å². The van der Waals surface area contributed by atoms with Gasteiger partial charge in [-0.25, -0.2) is 0 Å². The summed E-state index contributed by atoms with van der Waals surface area (Å²) < 4.78 is 0. The Labute approximate surface area is 156 Å². The van der Waals surface area contributed by atoms with E-state index in [1.54, 1.807) is 4.90 Å². The van der Waals surface area contributed by atoms with Gasteiger partial charge in [-0.1, -0.05) is 27.7 Å². The predicted octanol–water partition coefficient (Wildman–Crippen LogP) is 1.47. The predicted molar refractivity (Wildman–Crippen MR) is 98.6 cm³/mol. The maximum atomic E-state index is 12.6. The van der Waals surface area contributed by atoms with Crippen LogP contribution in [0.1, 0.15) is 59.8 Å². The van der Waals surface area contributed by atoms with Gasteiger partial charge in [-0.15, -0.1) is 0 Å². The molecule has 2 rings (SSSR count). The van der Waals surface area contributed by atoms with E-state index in [0.717, 1.165) is 25.7 Å². The van der Waals surface area contributed by atoms with E-state index in [0.29, 0.717) is 19.5 Å². The molecule has 1 aliphatic carbocycles. The van der Waals surface area contributed by atoms with Gasteiger partial charge in [-0.3, -0.25) is 19.3 Å². The fourth-order valence-electron chi connectivity index (χ4n) is 3.87. The SMILES string of the molecule is CCN(CC(=O)O)C1CC(NC(=O)C2CCCN2C(=O)CC(C)(C)C)C1. The van der Waals surface area contributed by atoms with Gasteiger partial charge < -0.3 is 15.3 Å². The van der Waals surface area contributed by atoms with Gasteiger partial charge in [0.25, 0.3) is 0 Å². The van der Waals surface area contributed by atoms with Crippen molar-refractivity contribution in [3.63, 3.8) is 0 Å². The Bertz CT molecular complexity index is 537. The second-order valence-corrected chi connectivity index (χ2v) is 8.77. The Hall–Kier alpha value is -1.63. The fraction of sp³-hybridized carbons (Fsp3) is 0.842. The summed E-state index contributed by atoms with van der Waals surface area (Å²) in [7, 11) is 0. The largest absolute Gasteiger partial charge is 0.480 e. The first-order valence-corrected chi connectivity index (χ1v) is 9.66. The Kier molecular flexibility index (Phi) is 6.66. The number of carbonyl (C=O) groups excluding carboxylic acids is 2. The Morgan fingerprint density at radius 3 is 2.42 bits per heavy atom. The molecule has 2 fully saturated rings. The van der Waals surface area contributed by atoms with Gasteiger partial charge in [0, 0.05) is 25.0 Å². The normalized spacial score (nSPS) is 25.9. The van der Waals surface area contributed by atoms with Gasteiger partial charge in [0.05, 0.1) is 6.54 Å². The van der Waals surface area contributed by atoms with Gasteiger partial charge in [-0.05, 0) is 37.6 Å². The molecule has 2 aliphatic rings. The van der Waals surface area contributed by atoms with Crippen LogP contribution in [-0.2, 0) is 14.4 Å². The quantitative estimate of drug-likeness (QED) is 0.711. The molecule has 1 saturated heterocycles. The molecular formula is C19H33N3O4. The van der Waals surface area contributed by atoms with Crippen molar-refractivity contribution in [2.45, 2.75) is 77.9 Å². The lowest BCUT2D eigenvalue weighted by molar-refractivity contribution is -0.141. The zero-order valence-electron chi connectivity index (χ0n) is 16.5. The number of amides is 2. The van der Waals surface area contributed by atoms with Crippen LogP contribution in [0.5, 0.6) is 0 Å². The van der Waals surface area contributed by atoms with Crippen molar-refractivity contribution in [3.8, 4) is 0 Å². The van der Waals surface area contributed by atoms with Gasteiger partial charge in [-0.2, -0.15) is 0 Å². The number of carboxylic acid groups (broad SMARTS) is 1. The minimum Gasteiger partial charge on any atom is -0.480 e. The first-order valence-electron chi connectivity index (χ1n) is 9.66. The summed E-state index contributed by atoms with van der Waals surface area (Å²) in [5.41, 5.74) is -0.0877. The van der Waals surface area contributed by atoms with Crippen molar-refractivity contribution in [1.82, 2.24) is 15.1 Å². The number of nitrogens with one attached hydrogen (secondary N) is 1. The number of nitrogens with zero attached hydrogens (tertiary/aromatic N) is 2. The monoisotopic (exact) mass is 367 g/mol. The Balaban J connectivity index is 1.83. The number of likely N-dealkylation sites (N-methyl/N-ethyl adjacent to an activating group) is 1. The average Bonchev–Trinajstić information content (AvgIpc) is 2.96. The second-order valence-electron chi connectivity index (χ2n) is 8.77. The van der Waals surface area contributed by atoms with E-state index in [2.05, 4.69) is 5.32 Å². The number of carboxylic acids is 1. The molecule has 2 N–H and O–H groups in total. The van der Waals surface area contributed by atoms with Crippen LogP contribution in [0.15, 0.2) is 0 Å². The maximum Gasteiger partial charge on any atom is 0.317 e. The van der Waals surface area contributed by atoms with Crippen LogP contribution >= 0.6 is 0 Å². The van der Waals surface area contributed by atoms with Crippen molar-refractivity contribution in [2.24, 2.45) is 5.41 Å². The second kappa shape index (κ2) is 8.37. The van der Waals surface area contributed by atoms with E-state index in [-0.39, 0.29) is 41.9 Å². The standard InChI is InChI=1S/C19H33N3O4/c1-5-21(12-17(24)25)14-9-13(10-14)20-18(26)15-7-6-8-22(15)16(23)11-19(2,3)4/h13-15H,5-12H2,1-4H3,(H,20,26)(H,24,25). The summed E-state index contributed by atoms with van der Waals surface area (Å²) in [5, 5.41) is 12.0. The molecule has 0 radical (unpaired) electrons. The number of hydrogen-bond donors (Lipinski definition) is 2. The van der Waals surface area contributed by atoms with Crippen molar-refractivity contribution in [2.75, 3.05) is 19.6 Å². The average molecular weight is 367 g/mol. The summed E-state index contributed by atoms with van der Waals surface area (Å²) in [6.45, 7) is 9.42. The summed E-state index contributed by atoms with van der Waals surface area (Å²) in [4.78, 5) is 39.7. The Morgan fingerprint density at radius 1 is 1.23 bits per heavy atom. The Morgan fingerprint density at radius 2 is 1.88 bits per heavy atom. The van der Waals surface area contributed by atoms with Crippen LogP contribution in [-0.4, -0.2) is 70.4 Å². The molecule has 1 aliphatic heterocycles. The third-order valence-corrected chi connectivity index (χ3v) is 5.28. The minimum atomic E-state index is -0.821. The summed E-state index contributed by atoms with van der Waals surface area (Å²) in [6, 6.07) is -0.0654. The molecule has 7 nitrogen and oxygen atoms in total. The lowest BCUT2D eigenvalue weighted by Gasteiger charge is -2.42. The molecular weight excluding hydrogens is 334 g/mol. The lowest BCUT2D eigenvalue weighted by Crippen LogP contribution is -2.57. The van der Waals surface area contributed by atoms with Crippen molar-refractivity contribution in [1.29, 1.82) is 0 Å². The van der Waals surface area contributed by atoms with E-state index in [1.807, 2.05) is 32.6 Å². The summed E-state index contributed by atoms with van der Waals surface area (Å²) in [5.74, 6) is -0.826. The first kappa shape index (κ1) is 20.7. The van der Waals surface area contributed by atoms with Crippen LogP contribution in [0, 0.1) is 5.41 Å². The van der Waals surface area contributed by atoms with Gasteiger partial charge >= 0.3 is 5.97 Å². The molecule has 1 atom stereocenters. The van der Waals surface area contributed by atoms with Crippen LogP contribution in [0.3, 0.4) is 0 Å². The summed E-state index contributed by atoms with van der Waals surface area (Å²) >= 11 is 0. The van der Waals surface area contributed by atoms with Gasteiger partial charge in [0.15, 0.2) is 0 Å². The van der Waals surface area contributed by atoms with E-state index >= 15 is 0 Å². The molecule has 0 bridgehead atoms.